The van der Waals surface area contributed by atoms with Crippen LogP contribution in [0.25, 0.3) is 0 Å². The number of benzene rings is 1. The van der Waals surface area contributed by atoms with Gasteiger partial charge in [-0.25, -0.2) is 0 Å². The first kappa shape index (κ1) is 13.2. The number of furan rings is 1. The van der Waals surface area contributed by atoms with E-state index in [0.717, 1.165) is 21.5 Å². The fourth-order valence-electron chi connectivity index (χ4n) is 1.69. The van der Waals surface area contributed by atoms with E-state index in [0.29, 0.717) is 13.2 Å². The standard InChI is InChI=1S/C14H16BrNO2/c1-10-3-4-13(12(15)7-10)18-9-11-5-6-17-14(11)8-16-2/h3-7,16H,8-9H2,1-2H3. The molecule has 0 radical (unpaired) electrons. The molecule has 0 unspecified atom stereocenters. The summed E-state index contributed by atoms with van der Waals surface area (Å²) >= 11 is 3.50. The Balaban J connectivity index is 2.04. The SMILES string of the molecule is CNCc1occc1COc1ccc(C)cc1Br. The van der Waals surface area contributed by atoms with Gasteiger partial charge in [0.2, 0.25) is 0 Å². The third kappa shape index (κ3) is 3.15. The first-order chi connectivity index (χ1) is 8.70. The van der Waals surface area contributed by atoms with Crippen LogP contribution in [0.4, 0.5) is 0 Å². The molecule has 3 nitrogen and oxygen atoms in total. The lowest BCUT2D eigenvalue weighted by Crippen LogP contribution is -2.07. The van der Waals surface area contributed by atoms with Crippen LogP contribution in [0.2, 0.25) is 0 Å². The molecule has 4 heteroatoms. The van der Waals surface area contributed by atoms with E-state index in [1.165, 1.54) is 5.56 Å². The maximum absolute atomic E-state index is 5.79. The van der Waals surface area contributed by atoms with Crippen LogP contribution < -0.4 is 10.1 Å². The molecule has 0 aliphatic carbocycles. The molecule has 1 N–H and O–H groups in total. The summed E-state index contributed by atoms with van der Waals surface area (Å²) in [6.07, 6.45) is 1.69. The normalized spacial score (nSPS) is 10.6. The van der Waals surface area contributed by atoms with Gasteiger partial charge in [-0.15, -0.1) is 0 Å². The molecule has 0 aliphatic rings. The zero-order valence-corrected chi connectivity index (χ0v) is 12.1. The highest BCUT2D eigenvalue weighted by molar-refractivity contribution is 9.10. The summed E-state index contributed by atoms with van der Waals surface area (Å²) in [6, 6.07) is 7.98. The van der Waals surface area contributed by atoms with E-state index in [9.17, 15) is 0 Å². The lowest BCUT2D eigenvalue weighted by atomic mass is 10.2. The van der Waals surface area contributed by atoms with E-state index in [1.807, 2.05) is 31.3 Å². The molecular formula is C14H16BrNO2. The number of hydrogen-bond donors (Lipinski definition) is 1. The lowest BCUT2D eigenvalue weighted by molar-refractivity contribution is 0.299. The molecule has 0 amide bonds. The van der Waals surface area contributed by atoms with Crippen molar-refractivity contribution in [3.8, 4) is 5.75 Å². The Labute approximate surface area is 115 Å². The first-order valence-corrected chi connectivity index (χ1v) is 6.59. The smallest absolute Gasteiger partial charge is 0.134 e. The number of halogens is 1. The maximum atomic E-state index is 5.79. The van der Waals surface area contributed by atoms with Crippen molar-refractivity contribution in [1.29, 1.82) is 0 Å². The monoisotopic (exact) mass is 309 g/mol. The number of aryl methyl sites for hydroxylation is 1. The molecule has 0 spiro atoms. The highest BCUT2D eigenvalue weighted by Crippen LogP contribution is 2.27. The number of hydrogen-bond acceptors (Lipinski definition) is 3. The second kappa shape index (κ2) is 6.07. The number of nitrogens with one attached hydrogen (secondary N) is 1. The van der Waals surface area contributed by atoms with Crippen molar-refractivity contribution < 1.29 is 9.15 Å². The molecule has 0 fully saturated rings. The summed E-state index contributed by atoms with van der Waals surface area (Å²) in [4.78, 5) is 0. The molecular weight excluding hydrogens is 294 g/mol. The van der Waals surface area contributed by atoms with E-state index < -0.39 is 0 Å². The topological polar surface area (TPSA) is 34.4 Å². The molecule has 1 aromatic heterocycles. The number of ether oxygens (including phenoxy) is 1. The van der Waals surface area contributed by atoms with E-state index in [-0.39, 0.29) is 0 Å². The lowest BCUT2D eigenvalue weighted by Gasteiger charge is -2.08. The predicted octanol–water partition coefficient (Wildman–Crippen LogP) is 3.65. The highest BCUT2D eigenvalue weighted by atomic mass is 79.9. The summed E-state index contributed by atoms with van der Waals surface area (Å²) in [5.41, 5.74) is 2.27. The first-order valence-electron chi connectivity index (χ1n) is 5.79. The quantitative estimate of drug-likeness (QED) is 0.915. The summed E-state index contributed by atoms with van der Waals surface area (Å²) in [7, 11) is 1.89. The van der Waals surface area contributed by atoms with Crippen LogP contribution in [0, 0.1) is 6.92 Å². The zero-order valence-electron chi connectivity index (χ0n) is 10.5. The van der Waals surface area contributed by atoms with Gasteiger partial charge in [0, 0.05) is 5.56 Å². The number of rotatable bonds is 5. The van der Waals surface area contributed by atoms with Crippen molar-refractivity contribution in [1.82, 2.24) is 5.32 Å². The van der Waals surface area contributed by atoms with Crippen molar-refractivity contribution in [2.75, 3.05) is 7.05 Å². The molecule has 1 heterocycles. The van der Waals surface area contributed by atoms with Crippen LogP contribution >= 0.6 is 15.9 Å². The average molecular weight is 310 g/mol. The van der Waals surface area contributed by atoms with Gasteiger partial charge in [-0.05, 0) is 53.7 Å². The fourth-order valence-corrected chi connectivity index (χ4v) is 2.30. The van der Waals surface area contributed by atoms with E-state index >= 15 is 0 Å². The van der Waals surface area contributed by atoms with Gasteiger partial charge in [-0.3, -0.25) is 0 Å². The van der Waals surface area contributed by atoms with Crippen molar-refractivity contribution in [3.05, 3.63) is 51.9 Å². The van der Waals surface area contributed by atoms with Gasteiger partial charge >= 0.3 is 0 Å². The zero-order chi connectivity index (χ0) is 13.0. The van der Waals surface area contributed by atoms with Crippen LogP contribution in [0.1, 0.15) is 16.9 Å². The molecule has 1 aromatic carbocycles. The third-order valence-electron chi connectivity index (χ3n) is 2.65. The minimum absolute atomic E-state index is 0.509. The van der Waals surface area contributed by atoms with Gasteiger partial charge in [-0.1, -0.05) is 6.07 Å². The maximum Gasteiger partial charge on any atom is 0.134 e. The second-order valence-corrected chi connectivity index (χ2v) is 4.98. The van der Waals surface area contributed by atoms with Crippen LogP contribution in [0.3, 0.4) is 0 Å². The van der Waals surface area contributed by atoms with Gasteiger partial charge in [0.1, 0.15) is 18.1 Å². The van der Waals surface area contributed by atoms with Gasteiger partial charge in [0.25, 0.3) is 0 Å². The Kier molecular flexibility index (Phi) is 4.44. The largest absolute Gasteiger partial charge is 0.488 e. The summed E-state index contributed by atoms with van der Waals surface area (Å²) < 4.78 is 12.2. The second-order valence-electron chi connectivity index (χ2n) is 4.12. The summed E-state index contributed by atoms with van der Waals surface area (Å²) in [5.74, 6) is 1.76. The molecule has 18 heavy (non-hydrogen) atoms. The minimum Gasteiger partial charge on any atom is -0.488 e. The molecule has 0 atom stereocenters. The van der Waals surface area contributed by atoms with Crippen molar-refractivity contribution in [2.45, 2.75) is 20.1 Å². The molecule has 0 bridgehead atoms. The Morgan fingerprint density at radius 3 is 2.89 bits per heavy atom. The molecule has 0 saturated heterocycles. The highest BCUT2D eigenvalue weighted by Gasteiger charge is 2.07. The van der Waals surface area contributed by atoms with Crippen molar-refractivity contribution >= 4 is 15.9 Å². The molecule has 0 aliphatic heterocycles. The Morgan fingerprint density at radius 1 is 1.33 bits per heavy atom. The van der Waals surface area contributed by atoms with Gasteiger partial charge in [-0.2, -0.15) is 0 Å². The molecule has 0 saturated carbocycles. The molecule has 2 aromatic rings. The molecule has 96 valence electrons. The minimum atomic E-state index is 0.509. The van der Waals surface area contributed by atoms with Gasteiger partial charge in [0.15, 0.2) is 0 Å². The van der Waals surface area contributed by atoms with Gasteiger partial charge in [0.05, 0.1) is 17.3 Å². The fraction of sp³-hybridized carbons (Fsp3) is 0.286. The summed E-state index contributed by atoms with van der Waals surface area (Å²) in [5, 5.41) is 3.07. The summed E-state index contributed by atoms with van der Waals surface area (Å²) in [6.45, 7) is 3.27. The van der Waals surface area contributed by atoms with E-state index in [4.69, 9.17) is 9.15 Å². The Bertz CT molecular complexity index is 522. The van der Waals surface area contributed by atoms with E-state index in [1.54, 1.807) is 6.26 Å². The van der Waals surface area contributed by atoms with Crippen molar-refractivity contribution in [3.63, 3.8) is 0 Å². The van der Waals surface area contributed by atoms with Crippen LogP contribution in [-0.2, 0) is 13.2 Å². The van der Waals surface area contributed by atoms with Crippen molar-refractivity contribution in [2.24, 2.45) is 0 Å². The van der Waals surface area contributed by atoms with E-state index in [2.05, 4.69) is 28.2 Å². The average Bonchev–Trinajstić information content (AvgIpc) is 2.76. The van der Waals surface area contributed by atoms with Crippen LogP contribution in [0.5, 0.6) is 5.75 Å². The van der Waals surface area contributed by atoms with Crippen LogP contribution in [-0.4, -0.2) is 7.05 Å². The van der Waals surface area contributed by atoms with Gasteiger partial charge < -0.3 is 14.5 Å². The molecule has 2 rings (SSSR count). The Morgan fingerprint density at radius 2 is 2.17 bits per heavy atom. The Hall–Kier alpha value is -1.26. The third-order valence-corrected chi connectivity index (χ3v) is 3.27. The predicted molar refractivity (Wildman–Crippen MR) is 74.7 cm³/mol. The van der Waals surface area contributed by atoms with Crippen LogP contribution in [0.15, 0.2) is 39.4 Å².